The van der Waals surface area contributed by atoms with E-state index in [0.717, 1.165) is 32.2 Å². The summed E-state index contributed by atoms with van der Waals surface area (Å²) in [5.41, 5.74) is 2.40. The minimum Gasteiger partial charge on any atom is -0.501 e. The topological polar surface area (TPSA) is 18.5 Å². The van der Waals surface area contributed by atoms with Crippen LogP contribution in [-0.2, 0) is 9.47 Å². The van der Waals surface area contributed by atoms with Gasteiger partial charge in [0.05, 0.1) is 12.9 Å². The van der Waals surface area contributed by atoms with Crippen LogP contribution in [0.2, 0.25) is 0 Å². The Morgan fingerprint density at radius 1 is 1.39 bits per heavy atom. The summed E-state index contributed by atoms with van der Waals surface area (Å²) in [6.07, 6.45) is 5.43. The summed E-state index contributed by atoms with van der Waals surface area (Å²) in [5.74, 6) is 0.757. The van der Waals surface area contributed by atoms with Crippen molar-refractivity contribution in [2.45, 2.75) is 26.2 Å². The van der Waals surface area contributed by atoms with E-state index in [2.05, 4.69) is 19.1 Å². The molecule has 1 heterocycles. The average Bonchev–Trinajstić information content (AvgIpc) is 2.92. The molecule has 0 amide bonds. The summed E-state index contributed by atoms with van der Waals surface area (Å²) in [6.45, 7) is 4.78. The van der Waals surface area contributed by atoms with E-state index >= 15 is 0 Å². The summed E-state index contributed by atoms with van der Waals surface area (Å²) >= 11 is 0. The summed E-state index contributed by atoms with van der Waals surface area (Å²) in [4.78, 5) is 0. The van der Waals surface area contributed by atoms with E-state index in [-0.39, 0.29) is 0 Å². The fraction of sp³-hybridized carbons (Fsp3) is 0.500. The van der Waals surface area contributed by atoms with Crippen LogP contribution in [0.5, 0.6) is 0 Å². The van der Waals surface area contributed by atoms with Gasteiger partial charge in [-0.25, -0.2) is 0 Å². The van der Waals surface area contributed by atoms with Gasteiger partial charge in [0.2, 0.25) is 0 Å². The zero-order valence-electron chi connectivity index (χ0n) is 11.1. The Hall–Kier alpha value is -1.28. The van der Waals surface area contributed by atoms with Crippen LogP contribution in [0.3, 0.4) is 0 Å². The maximum atomic E-state index is 5.61. The lowest BCUT2D eigenvalue weighted by atomic mass is 10.0. The second-order valence-corrected chi connectivity index (χ2v) is 4.91. The quantitative estimate of drug-likeness (QED) is 0.560. The minimum absolute atomic E-state index is 0.757. The maximum Gasteiger partial charge on any atom is 0.0873 e. The standard InChI is InChI=1S/C16H22O2/c1-14(16-7-3-2-4-8-16)12-17-10-5-6-15-9-11-18-13-15/h2-4,7-8,12,15H,5-6,9-11,13H2,1H3/b14-12-. The van der Waals surface area contributed by atoms with Gasteiger partial charge in [-0.3, -0.25) is 0 Å². The Balaban J connectivity index is 1.64. The van der Waals surface area contributed by atoms with E-state index in [1.54, 1.807) is 0 Å². The molecular weight excluding hydrogens is 224 g/mol. The largest absolute Gasteiger partial charge is 0.501 e. The molecule has 2 rings (SSSR count). The van der Waals surface area contributed by atoms with E-state index < -0.39 is 0 Å². The van der Waals surface area contributed by atoms with E-state index in [9.17, 15) is 0 Å². The molecule has 1 unspecified atom stereocenters. The van der Waals surface area contributed by atoms with E-state index in [4.69, 9.17) is 9.47 Å². The molecule has 1 aliphatic rings. The van der Waals surface area contributed by atoms with Gasteiger partial charge >= 0.3 is 0 Å². The Bertz CT molecular complexity index is 364. The lowest BCUT2D eigenvalue weighted by Gasteiger charge is -2.07. The summed E-state index contributed by atoms with van der Waals surface area (Å²) in [7, 11) is 0. The lowest BCUT2D eigenvalue weighted by Crippen LogP contribution is -2.00. The fourth-order valence-corrected chi connectivity index (χ4v) is 2.22. The van der Waals surface area contributed by atoms with Crippen LogP contribution in [0.4, 0.5) is 0 Å². The number of rotatable bonds is 6. The molecule has 2 nitrogen and oxygen atoms in total. The highest BCUT2D eigenvalue weighted by Gasteiger charge is 2.14. The predicted molar refractivity (Wildman–Crippen MR) is 74.2 cm³/mol. The van der Waals surface area contributed by atoms with Gasteiger partial charge in [-0.2, -0.15) is 0 Å². The van der Waals surface area contributed by atoms with Crippen molar-refractivity contribution < 1.29 is 9.47 Å². The molecule has 0 spiro atoms. The molecule has 0 aromatic heterocycles. The first kappa shape index (κ1) is 13.2. The summed E-state index contributed by atoms with van der Waals surface area (Å²) < 4.78 is 11.0. The van der Waals surface area contributed by atoms with Crippen molar-refractivity contribution in [3.63, 3.8) is 0 Å². The molecule has 0 radical (unpaired) electrons. The molecule has 1 aliphatic heterocycles. The van der Waals surface area contributed by atoms with E-state index in [1.807, 2.05) is 24.5 Å². The molecule has 1 saturated heterocycles. The third kappa shape index (κ3) is 4.19. The summed E-state index contributed by atoms with van der Waals surface area (Å²) in [6, 6.07) is 10.3. The van der Waals surface area contributed by atoms with Crippen LogP contribution in [0.25, 0.3) is 5.57 Å². The predicted octanol–water partition coefficient (Wildman–Crippen LogP) is 3.88. The first-order valence-electron chi connectivity index (χ1n) is 6.78. The first-order valence-corrected chi connectivity index (χ1v) is 6.78. The highest BCUT2D eigenvalue weighted by Crippen LogP contribution is 2.18. The van der Waals surface area contributed by atoms with E-state index in [1.165, 1.54) is 24.0 Å². The third-order valence-electron chi connectivity index (χ3n) is 3.39. The van der Waals surface area contributed by atoms with Gasteiger partial charge in [0, 0.05) is 13.2 Å². The van der Waals surface area contributed by atoms with Crippen molar-refractivity contribution in [1.82, 2.24) is 0 Å². The zero-order chi connectivity index (χ0) is 12.6. The molecular formula is C16H22O2. The minimum atomic E-state index is 0.757. The van der Waals surface area contributed by atoms with Gasteiger partial charge in [0.25, 0.3) is 0 Å². The molecule has 18 heavy (non-hydrogen) atoms. The molecule has 0 aliphatic carbocycles. The highest BCUT2D eigenvalue weighted by atomic mass is 16.5. The number of hydrogen-bond acceptors (Lipinski definition) is 2. The van der Waals surface area contributed by atoms with Crippen LogP contribution in [0.1, 0.15) is 31.7 Å². The van der Waals surface area contributed by atoms with Crippen LogP contribution >= 0.6 is 0 Å². The van der Waals surface area contributed by atoms with Crippen molar-refractivity contribution >= 4 is 5.57 Å². The van der Waals surface area contributed by atoms with Gasteiger partial charge in [-0.1, -0.05) is 30.3 Å². The number of hydrogen-bond donors (Lipinski definition) is 0. The molecule has 1 aromatic rings. The van der Waals surface area contributed by atoms with Crippen LogP contribution < -0.4 is 0 Å². The highest BCUT2D eigenvalue weighted by molar-refractivity contribution is 5.62. The second kappa shape index (κ2) is 7.22. The van der Waals surface area contributed by atoms with Gasteiger partial charge in [-0.05, 0) is 43.2 Å². The van der Waals surface area contributed by atoms with Crippen molar-refractivity contribution in [3.8, 4) is 0 Å². The molecule has 2 heteroatoms. The molecule has 1 atom stereocenters. The Morgan fingerprint density at radius 2 is 2.22 bits per heavy atom. The van der Waals surface area contributed by atoms with Gasteiger partial charge in [-0.15, -0.1) is 0 Å². The smallest absolute Gasteiger partial charge is 0.0873 e. The van der Waals surface area contributed by atoms with Crippen molar-refractivity contribution in [1.29, 1.82) is 0 Å². The Kier molecular flexibility index (Phi) is 5.28. The van der Waals surface area contributed by atoms with Crippen molar-refractivity contribution in [2.75, 3.05) is 19.8 Å². The summed E-state index contributed by atoms with van der Waals surface area (Å²) in [5, 5.41) is 0. The molecule has 0 N–H and O–H groups in total. The van der Waals surface area contributed by atoms with E-state index in [0.29, 0.717) is 0 Å². The third-order valence-corrected chi connectivity index (χ3v) is 3.39. The lowest BCUT2D eigenvalue weighted by molar-refractivity contribution is 0.179. The van der Waals surface area contributed by atoms with Crippen molar-refractivity contribution in [2.24, 2.45) is 5.92 Å². The average molecular weight is 246 g/mol. The van der Waals surface area contributed by atoms with Gasteiger partial charge in [0.1, 0.15) is 0 Å². The monoisotopic (exact) mass is 246 g/mol. The zero-order valence-corrected chi connectivity index (χ0v) is 11.1. The molecule has 0 saturated carbocycles. The Morgan fingerprint density at radius 3 is 2.94 bits per heavy atom. The molecule has 0 bridgehead atoms. The number of allylic oxidation sites excluding steroid dienone is 1. The maximum absolute atomic E-state index is 5.61. The normalized spacial score (nSPS) is 20.1. The van der Waals surface area contributed by atoms with Crippen LogP contribution in [0.15, 0.2) is 36.6 Å². The van der Waals surface area contributed by atoms with Crippen LogP contribution in [-0.4, -0.2) is 19.8 Å². The number of ether oxygens (including phenoxy) is 2. The van der Waals surface area contributed by atoms with Gasteiger partial charge in [0.15, 0.2) is 0 Å². The SMILES string of the molecule is C/C(=C/OCCCC1CCOC1)c1ccccc1. The first-order chi connectivity index (χ1) is 8.86. The molecule has 1 fully saturated rings. The Labute approximate surface area is 110 Å². The van der Waals surface area contributed by atoms with Crippen molar-refractivity contribution in [3.05, 3.63) is 42.2 Å². The molecule has 1 aromatic carbocycles. The van der Waals surface area contributed by atoms with Gasteiger partial charge < -0.3 is 9.47 Å². The second-order valence-electron chi connectivity index (χ2n) is 4.91. The fourth-order valence-electron chi connectivity index (χ4n) is 2.22. The number of benzene rings is 1. The van der Waals surface area contributed by atoms with Crippen LogP contribution in [0, 0.1) is 5.92 Å². The molecule has 98 valence electrons.